The van der Waals surface area contributed by atoms with Crippen LogP contribution in [0.25, 0.3) is 11.4 Å². The van der Waals surface area contributed by atoms with E-state index in [4.69, 9.17) is 5.11 Å². The van der Waals surface area contributed by atoms with Crippen molar-refractivity contribution in [3.05, 3.63) is 29.8 Å². The number of carboxylic acid groups (broad SMARTS) is 1. The van der Waals surface area contributed by atoms with Crippen molar-refractivity contribution in [2.24, 2.45) is 0 Å². The molecular formula is C16H19N5O3. The Kier molecular flexibility index (Phi) is 4.28. The molecule has 1 aromatic carbocycles. The maximum atomic E-state index is 12.2. The lowest BCUT2D eigenvalue weighted by Crippen LogP contribution is -2.55. The molecule has 1 aliphatic carbocycles. The van der Waals surface area contributed by atoms with Crippen molar-refractivity contribution in [1.29, 1.82) is 0 Å². The fourth-order valence-electron chi connectivity index (χ4n) is 2.83. The molecule has 8 heteroatoms. The van der Waals surface area contributed by atoms with Crippen molar-refractivity contribution in [3.8, 4) is 11.4 Å². The predicted molar refractivity (Wildman–Crippen MR) is 85.0 cm³/mol. The van der Waals surface area contributed by atoms with Gasteiger partial charge >= 0.3 is 5.97 Å². The van der Waals surface area contributed by atoms with Gasteiger partial charge in [0.15, 0.2) is 0 Å². The Hall–Kier alpha value is -2.77. The summed E-state index contributed by atoms with van der Waals surface area (Å²) in [6, 6.07) is 7.70. The lowest BCUT2D eigenvalue weighted by Gasteiger charge is -2.41. The van der Waals surface area contributed by atoms with Crippen LogP contribution >= 0.6 is 0 Å². The number of hydrogen-bond acceptors (Lipinski definition) is 5. The van der Waals surface area contributed by atoms with Crippen LogP contribution in [0.15, 0.2) is 24.3 Å². The number of carbonyl (C=O) groups excluding carboxylic acids is 1. The molecule has 0 unspecified atom stereocenters. The van der Waals surface area contributed by atoms with Crippen molar-refractivity contribution in [2.75, 3.05) is 0 Å². The van der Waals surface area contributed by atoms with Gasteiger partial charge in [0, 0.05) is 5.56 Å². The molecule has 1 fully saturated rings. The Labute approximate surface area is 138 Å². The van der Waals surface area contributed by atoms with Gasteiger partial charge in [-0.15, -0.1) is 10.2 Å². The van der Waals surface area contributed by atoms with Crippen molar-refractivity contribution in [1.82, 2.24) is 25.5 Å². The third kappa shape index (κ3) is 3.58. The van der Waals surface area contributed by atoms with Crippen LogP contribution in [0.5, 0.6) is 0 Å². The number of amides is 1. The highest BCUT2D eigenvalue weighted by molar-refractivity contribution is 5.78. The number of tetrazole rings is 1. The van der Waals surface area contributed by atoms with Crippen LogP contribution in [0.3, 0.4) is 0 Å². The SMILES string of the molecule is Cc1ccc(-c2nnn(CC(=O)NC3(CC(=O)O)CCC3)n2)cc1. The number of carboxylic acids is 1. The molecule has 1 heterocycles. The van der Waals surface area contributed by atoms with Gasteiger partial charge in [0.05, 0.1) is 12.0 Å². The Morgan fingerprint density at radius 2 is 2.00 bits per heavy atom. The van der Waals surface area contributed by atoms with Gasteiger partial charge in [-0.2, -0.15) is 4.80 Å². The summed E-state index contributed by atoms with van der Waals surface area (Å²) in [7, 11) is 0. The van der Waals surface area contributed by atoms with Crippen molar-refractivity contribution < 1.29 is 14.7 Å². The van der Waals surface area contributed by atoms with Gasteiger partial charge in [0.2, 0.25) is 11.7 Å². The van der Waals surface area contributed by atoms with Crippen LogP contribution in [0.2, 0.25) is 0 Å². The molecule has 24 heavy (non-hydrogen) atoms. The third-order valence-corrected chi connectivity index (χ3v) is 4.25. The Morgan fingerprint density at radius 3 is 2.58 bits per heavy atom. The largest absolute Gasteiger partial charge is 0.481 e. The van der Waals surface area contributed by atoms with Crippen molar-refractivity contribution in [2.45, 2.75) is 44.7 Å². The van der Waals surface area contributed by atoms with E-state index in [0.29, 0.717) is 18.7 Å². The lowest BCUT2D eigenvalue weighted by molar-refractivity contribution is -0.140. The van der Waals surface area contributed by atoms with Crippen LogP contribution in [0, 0.1) is 6.92 Å². The summed E-state index contributed by atoms with van der Waals surface area (Å²) >= 11 is 0. The first-order valence-electron chi connectivity index (χ1n) is 7.83. The zero-order chi connectivity index (χ0) is 17.2. The monoisotopic (exact) mass is 329 g/mol. The maximum absolute atomic E-state index is 12.2. The molecule has 1 amide bonds. The topological polar surface area (TPSA) is 110 Å². The summed E-state index contributed by atoms with van der Waals surface area (Å²) in [6.07, 6.45) is 2.24. The first-order valence-corrected chi connectivity index (χ1v) is 7.83. The second-order valence-corrected chi connectivity index (χ2v) is 6.26. The molecule has 0 atom stereocenters. The maximum Gasteiger partial charge on any atom is 0.305 e. The summed E-state index contributed by atoms with van der Waals surface area (Å²) in [5.74, 6) is -0.758. The Bertz CT molecular complexity index is 749. The van der Waals surface area contributed by atoms with Crippen LogP contribution < -0.4 is 5.32 Å². The van der Waals surface area contributed by atoms with Gasteiger partial charge in [-0.1, -0.05) is 29.8 Å². The van der Waals surface area contributed by atoms with Gasteiger partial charge in [-0.25, -0.2) is 0 Å². The number of nitrogens with zero attached hydrogens (tertiary/aromatic N) is 4. The number of hydrogen-bond donors (Lipinski definition) is 2. The second kappa shape index (κ2) is 6.38. The first kappa shape index (κ1) is 16.1. The van der Waals surface area contributed by atoms with E-state index in [2.05, 4.69) is 20.7 Å². The Morgan fingerprint density at radius 1 is 1.29 bits per heavy atom. The summed E-state index contributed by atoms with van der Waals surface area (Å²) in [6.45, 7) is 1.91. The van der Waals surface area contributed by atoms with Gasteiger partial charge < -0.3 is 10.4 Å². The van der Waals surface area contributed by atoms with Gasteiger partial charge in [-0.05, 0) is 31.4 Å². The average molecular weight is 329 g/mol. The minimum absolute atomic E-state index is 0.0574. The van der Waals surface area contributed by atoms with Gasteiger partial charge in [0.1, 0.15) is 6.54 Å². The quantitative estimate of drug-likeness (QED) is 0.823. The lowest BCUT2D eigenvalue weighted by atomic mass is 9.74. The molecule has 2 aromatic rings. The highest BCUT2D eigenvalue weighted by Crippen LogP contribution is 2.34. The van der Waals surface area contributed by atoms with E-state index >= 15 is 0 Å². The number of aliphatic carboxylic acids is 1. The number of aryl methyl sites for hydroxylation is 1. The van der Waals surface area contributed by atoms with E-state index in [1.807, 2.05) is 31.2 Å². The summed E-state index contributed by atoms with van der Waals surface area (Å²) in [5, 5.41) is 23.8. The fraction of sp³-hybridized carbons (Fsp3) is 0.438. The molecule has 1 aliphatic rings. The standard InChI is InChI=1S/C16H19N5O3/c1-11-3-5-12(6-4-11)15-18-20-21(19-15)10-13(22)17-16(7-2-8-16)9-14(23)24/h3-6H,2,7-10H2,1H3,(H,17,22)(H,23,24). The summed E-state index contributed by atoms with van der Waals surface area (Å²) in [5.41, 5.74) is 1.34. The molecule has 0 bridgehead atoms. The van der Waals surface area contributed by atoms with E-state index in [0.717, 1.165) is 17.5 Å². The number of benzene rings is 1. The average Bonchev–Trinajstić information content (AvgIpc) is 2.93. The molecule has 0 aliphatic heterocycles. The molecule has 3 rings (SSSR count). The molecule has 0 saturated heterocycles. The van der Waals surface area contributed by atoms with Crippen LogP contribution in [0.4, 0.5) is 0 Å². The molecule has 0 radical (unpaired) electrons. The van der Waals surface area contributed by atoms with Crippen molar-refractivity contribution >= 4 is 11.9 Å². The van der Waals surface area contributed by atoms with Crippen LogP contribution in [-0.4, -0.2) is 42.7 Å². The summed E-state index contributed by atoms with van der Waals surface area (Å²) in [4.78, 5) is 24.3. The van der Waals surface area contributed by atoms with E-state index in [9.17, 15) is 9.59 Å². The number of rotatable bonds is 6. The van der Waals surface area contributed by atoms with E-state index in [1.165, 1.54) is 4.80 Å². The third-order valence-electron chi connectivity index (χ3n) is 4.25. The van der Waals surface area contributed by atoms with E-state index in [-0.39, 0.29) is 18.9 Å². The number of aromatic nitrogens is 4. The predicted octanol–water partition coefficient (Wildman–Crippen LogP) is 1.16. The minimum Gasteiger partial charge on any atom is -0.481 e. The van der Waals surface area contributed by atoms with Gasteiger partial charge in [0.25, 0.3) is 0 Å². The zero-order valence-electron chi connectivity index (χ0n) is 13.4. The Balaban J connectivity index is 1.63. The smallest absolute Gasteiger partial charge is 0.305 e. The molecular weight excluding hydrogens is 310 g/mol. The molecule has 126 valence electrons. The highest BCUT2D eigenvalue weighted by atomic mass is 16.4. The molecule has 0 spiro atoms. The number of carbonyl (C=O) groups is 2. The minimum atomic E-state index is -0.907. The zero-order valence-corrected chi connectivity index (χ0v) is 13.4. The van der Waals surface area contributed by atoms with Crippen LogP contribution in [-0.2, 0) is 16.1 Å². The van der Waals surface area contributed by atoms with Crippen molar-refractivity contribution in [3.63, 3.8) is 0 Å². The molecule has 8 nitrogen and oxygen atoms in total. The fourth-order valence-corrected chi connectivity index (χ4v) is 2.83. The number of nitrogens with one attached hydrogen (secondary N) is 1. The summed E-state index contributed by atoms with van der Waals surface area (Å²) < 4.78 is 0. The molecule has 1 saturated carbocycles. The van der Waals surface area contributed by atoms with E-state index in [1.54, 1.807) is 0 Å². The normalized spacial score (nSPS) is 15.5. The van der Waals surface area contributed by atoms with Crippen LogP contribution in [0.1, 0.15) is 31.2 Å². The highest BCUT2D eigenvalue weighted by Gasteiger charge is 2.40. The first-order chi connectivity index (χ1) is 11.5. The second-order valence-electron chi connectivity index (χ2n) is 6.26. The molecule has 1 aromatic heterocycles. The molecule has 2 N–H and O–H groups in total. The van der Waals surface area contributed by atoms with E-state index < -0.39 is 11.5 Å². The van der Waals surface area contributed by atoms with Gasteiger partial charge in [-0.3, -0.25) is 9.59 Å².